The van der Waals surface area contributed by atoms with Gasteiger partial charge in [-0.2, -0.15) is 5.10 Å². The topological polar surface area (TPSA) is 74.5 Å². The highest BCUT2D eigenvalue weighted by atomic mass is 127. The molecule has 1 aromatic heterocycles. The molecule has 0 radical (unpaired) electrons. The summed E-state index contributed by atoms with van der Waals surface area (Å²) in [6.07, 6.45) is 6.06. The van der Waals surface area contributed by atoms with Gasteiger partial charge in [0, 0.05) is 25.3 Å². The van der Waals surface area contributed by atoms with Crippen LogP contribution in [-0.4, -0.2) is 45.6 Å². The second kappa shape index (κ2) is 10.5. The molecule has 1 saturated carbocycles. The molecule has 0 spiro atoms. The quantitative estimate of drug-likeness (QED) is 0.335. The number of aryl methyl sites for hydroxylation is 2. The van der Waals surface area contributed by atoms with Crippen LogP contribution in [0.5, 0.6) is 0 Å². The van der Waals surface area contributed by atoms with Gasteiger partial charge in [0.25, 0.3) is 0 Å². The fraction of sp³-hybridized carbons (Fsp3) is 0.789. The molecular weight excluding hydrogens is 441 g/mol. The molecule has 1 atom stereocenters. The lowest BCUT2D eigenvalue weighted by Crippen LogP contribution is -2.44. The first-order chi connectivity index (χ1) is 11.8. The third-order valence-corrected chi connectivity index (χ3v) is 5.21. The minimum Gasteiger partial charge on any atom is -0.388 e. The largest absolute Gasteiger partial charge is 0.388 e. The molecule has 0 aromatic carbocycles. The second-order valence-electron chi connectivity index (χ2n) is 7.50. The lowest BCUT2D eigenvalue weighted by Gasteiger charge is -2.30. The zero-order valence-electron chi connectivity index (χ0n) is 16.9. The van der Waals surface area contributed by atoms with Crippen LogP contribution in [0.2, 0.25) is 0 Å². The Hall–Kier alpha value is -0.830. The van der Waals surface area contributed by atoms with Crippen molar-refractivity contribution < 1.29 is 5.11 Å². The number of aliphatic hydroxyl groups is 1. The average Bonchev–Trinajstić information content (AvgIpc) is 2.80. The van der Waals surface area contributed by atoms with E-state index in [2.05, 4.69) is 48.4 Å². The maximum Gasteiger partial charge on any atom is 0.191 e. The second-order valence-corrected chi connectivity index (χ2v) is 7.50. The molecule has 1 aliphatic carbocycles. The van der Waals surface area contributed by atoms with Gasteiger partial charge in [0.05, 0.1) is 17.8 Å². The number of nitrogens with one attached hydrogen (secondary N) is 2. The van der Waals surface area contributed by atoms with Crippen LogP contribution in [0.3, 0.4) is 0 Å². The van der Waals surface area contributed by atoms with Gasteiger partial charge >= 0.3 is 0 Å². The Labute approximate surface area is 175 Å². The molecule has 1 fully saturated rings. The fourth-order valence-electron chi connectivity index (χ4n) is 3.62. The van der Waals surface area contributed by atoms with Crippen LogP contribution < -0.4 is 10.6 Å². The average molecular weight is 477 g/mol. The lowest BCUT2D eigenvalue weighted by atomic mass is 9.85. The van der Waals surface area contributed by atoms with Gasteiger partial charge in [0.2, 0.25) is 0 Å². The smallest absolute Gasteiger partial charge is 0.191 e. The maximum atomic E-state index is 10.7. The Kier molecular flexibility index (Phi) is 9.36. The van der Waals surface area contributed by atoms with E-state index in [1.165, 1.54) is 17.7 Å². The predicted octanol–water partition coefficient (Wildman–Crippen LogP) is 2.84. The third-order valence-electron chi connectivity index (χ3n) is 5.21. The number of nitrogens with zero attached hydrogens (tertiary/aromatic N) is 3. The van der Waals surface area contributed by atoms with Crippen molar-refractivity contribution in [1.82, 2.24) is 20.4 Å². The Morgan fingerprint density at radius 2 is 1.96 bits per heavy atom. The van der Waals surface area contributed by atoms with Crippen molar-refractivity contribution >= 4 is 29.9 Å². The van der Waals surface area contributed by atoms with E-state index >= 15 is 0 Å². The molecule has 3 N–H and O–H groups in total. The SMILES string of the molecule is CCNC(=NCC1(O)CCCCC1)NC(C)Cc1c(C)nn(C)c1C.I. The van der Waals surface area contributed by atoms with Gasteiger partial charge in [0.1, 0.15) is 0 Å². The predicted molar refractivity (Wildman–Crippen MR) is 118 cm³/mol. The molecular formula is C19H36IN5O. The Balaban J connectivity index is 0.00000338. The van der Waals surface area contributed by atoms with E-state index in [1.807, 2.05) is 11.7 Å². The van der Waals surface area contributed by atoms with Crippen molar-refractivity contribution in [2.24, 2.45) is 12.0 Å². The molecule has 1 aliphatic rings. The van der Waals surface area contributed by atoms with E-state index < -0.39 is 5.60 Å². The van der Waals surface area contributed by atoms with Crippen LogP contribution in [0.4, 0.5) is 0 Å². The van der Waals surface area contributed by atoms with Crippen LogP contribution in [0.25, 0.3) is 0 Å². The Bertz CT molecular complexity index is 593. The lowest BCUT2D eigenvalue weighted by molar-refractivity contribution is 0.0131. The highest BCUT2D eigenvalue weighted by Gasteiger charge is 2.29. The zero-order valence-corrected chi connectivity index (χ0v) is 19.3. The van der Waals surface area contributed by atoms with Gasteiger partial charge < -0.3 is 15.7 Å². The van der Waals surface area contributed by atoms with Crippen molar-refractivity contribution in [3.63, 3.8) is 0 Å². The van der Waals surface area contributed by atoms with E-state index in [-0.39, 0.29) is 30.0 Å². The van der Waals surface area contributed by atoms with Crippen molar-refractivity contribution in [3.05, 3.63) is 17.0 Å². The zero-order chi connectivity index (χ0) is 18.4. The monoisotopic (exact) mass is 477 g/mol. The number of rotatable bonds is 6. The first-order valence-corrected chi connectivity index (χ1v) is 9.61. The number of aliphatic imine (C=N–C) groups is 1. The van der Waals surface area contributed by atoms with E-state index in [0.29, 0.717) is 6.54 Å². The highest BCUT2D eigenvalue weighted by Crippen LogP contribution is 2.28. The molecule has 150 valence electrons. The van der Waals surface area contributed by atoms with E-state index in [0.717, 1.165) is 50.3 Å². The van der Waals surface area contributed by atoms with Crippen LogP contribution >= 0.6 is 24.0 Å². The van der Waals surface area contributed by atoms with Gasteiger partial charge in [-0.15, -0.1) is 24.0 Å². The van der Waals surface area contributed by atoms with Gasteiger partial charge in [-0.3, -0.25) is 9.67 Å². The van der Waals surface area contributed by atoms with Gasteiger partial charge in [-0.1, -0.05) is 19.3 Å². The molecule has 0 amide bonds. The van der Waals surface area contributed by atoms with Crippen LogP contribution in [0.15, 0.2) is 4.99 Å². The molecule has 1 aromatic rings. The Morgan fingerprint density at radius 3 is 2.50 bits per heavy atom. The highest BCUT2D eigenvalue weighted by molar-refractivity contribution is 14.0. The fourth-order valence-corrected chi connectivity index (χ4v) is 3.62. The van der Waals surface area contributed by atoms with Crippen molar-refractivity contribution in [2.75, 3.05) is 13.1 Å². The molecule has 0 aliphatic heterocycles. The first-order valence-electron chi connectivity index (χ1n) is 9.61. The Morgan fingerprint density at radius 1 is 1.31 bits per heavy atom. The number of aromatic nitrogens is 2. The standard InChI is InChI=1S/C19H35N5O.HI/c1-6-20-18(21-13-19(25)10-8-7-9-11-19)22-14(2)12-17-15(3)23-24(5)16(17)4;/h14,25H,6-13H2,1-5H3,(H2,20,21,22);1H. The summed E-state index contributed by atoms with van der Waals surface area (Å²) in [6.45, 7) is 9.68. The van der Waals surface area contributed by atoms with Gasteiger partial charge in [0.15, 0.2) is 5.96 Å². The van der Waals surface area contributed by atoms with Gasteiger partial charge in [-0.25, -0.2) is 0 Å². The summed E-state index contributed by atoms with van der Waals surface area (Å²) in [5.41, 5.74) is 2.97. The molecule has 6 nitrogen and oxygen atoms in total. The summed E-state index contributed by atoms with van der Waals surface area (Å²) in [7, 11) is 1.99. The van der Waals surface area contributed by atoms with Crippen molar-refractivity contribution in [1.29, 1.82) is 0 Å². The minimum atomic E-state index is -0.625. The minimum absolute atomic E-state index is 0. The molecule has 1 heterocycles. The maximum absolute atomic E-state index is 10.7. The summed E-state index contributed by atoms with van der Waals surface area (Å²) in [6, 6.07) is 0.236. The van der Waals surface area contributed by atoms with E-state index in [4.69, 9.17) is 0 Å². The molecule has 7 heteroatoms. The molecule has 2 rings (SSSR count). The normalized spacial score (nSPS) is 18.2. The summed E-state index contributed by atoms with van der Waals surface area (Å²) >= 11 is 0. The van der Waals surface area contributed by atoms with Gasteiger partial charge in [-0.05, 0) is 52.5 Å². The number of guanidine groups is 1. The number of hydrogen-bond acceptors (Lipinski definition) is 3. The molecule has 1 unspecified atom stereocenters. The number of hydrogen-bond donors (Lipinski definition) is 3. The van der Waals surface area contributed by atoms with Crippen molar-refractivity contribution in [2.45, 2.75) is 77.9 Å². The summed E-state index contributed by atoms with van der Waals surface area (Å²) < 4.78 is 1.94. The van der Waals surface area contributed by atoms with Crippen LogP contribution in [0, 0.1) is 13.8 Å². The van der Waals surface area contributed by atoms with E-state index in [1.54, 1.807) is 0 Å². The summed E-state index contributed by atoms with van der Waals surface area (Å²) in [4.78, 5) is 4.66. The molecule has 0 saturated heterocycles. The van der Waals surface area contributed by atoms with Crippen LogP contribution in [-0.2, 0) is 13.5 Å². The number of halogens is 1. The third kappa shape index (κ3) is 6.40. The van der Waals surface area contributed by atoms with Crippen molar-refractivity contribution in [3.8, 4) is 0 Å². The molecule has 0 bridgehead atoms. The first kappa shape index (κ1) is 23.2. The summed E-state index contributed by atoms with van der Waals surface area (Å²) in [5.74, 6) is 0.785. The van der Waals surface area contributed by atoms with Crippen LogP contribution in [0.1, 0.15) is 62.9 Å². The van der Waals surface area contributed by atoms with E-state index in [9.17, 15) is 5.11 Å². The molecule has 26 heavy (non-hydrogen) atoms. The summed E-state index contributed by atoms with van der Waals surface area (Å²) in [5, 5.41) is 21.9.